The van der Waals surface area contributed by atoms with E-state index in [2.05, 4.69) is 12.2 Å². The van der Waals surface area contributed by atoms with Gasteiger partial charge in [0.15, 0.2) is 0 Å². The molecule has 0 bridgehead atoms. The van der Waals surface area contributed by atoms with Gasteiger partial charge < -0.3 is 10.1 Å². The lowest BCUT2D eigenvalue weighted by molar-refractivity contribution is -0.125. The first-order valence-corrected chi connectivity index (χ1v) is 7.13. The van der Waals surface area contributed by atoms with E-state index in [1.807, 2.05) is 0 Å². The minimum Gasteiger partial charge on any atom is -0.379 e. The van der Waals surface area contributed by atoms with Crippen molar-refractivity contribution in [2.45, 2.75) is 51.5 Å². The van der Waals surface area contributed by atoms with E-state index < -0.39 is 0 Å². The average Bonchev–Trinajstić information content (AvgIpc) is 2.40. The average molecular weight is 239 g/mol. The summed E-state index contributed by atoms with van der Waals surface area (Å²) in [5, 5.41) is 3.36. The number of ether oxygens (including phenoxy) is 1. The summed E-state index contributed by atoms with van der Waals surface area (Å²) in [7, 11) is 0. The van der Waals surface area contributed by atoms with Crippen LogP contribution in [0.25, 0.3) is 0 Å². The van der Waals surface area contributed by atoms with Crippen molar-refractivity contribution in [3.8, 4) is 0 Å². The summed E-state index contributed by atoms with van der Waals surface area (Å²) in [5.41, 5.74) is 0. The minimum atomic E-state index is 0.264. The smallest absolute Gasteiger partial charge is 0.137 e. The highest BCUT2D eigenvalue weighted by Gasteiger charge is 2.27. The normalized spacial score (nSPS) is 34.5. The highest BCUT2D eigenvalue weighted by atomic mass is 16.5. The first-order valence-electron chi connectivity index (χ1n) is 7.13. The molecule has 2 fully saturated rings. The maximum Gasteiger partial charge on any atom is 0.137 e. The van der Waals surface area contributed by atoms with Crippen molar-refractivity contribution in [2.75, 3.05) is 19.8 Å². The van der Waals surface area contributed by atoms with E-state index in [1.165, 1.54) is 19.3 Å². The van der Waals surface area contributed by atoms with Crippen molar-refractivity contribution < 1.29 is 9.53 Å². The topological polar surface area (TPSA) is 38.3 Å². The van der Waals surface area contributed by atoms with E-state index in [0.29, 0.717) is 24.7 Å². The molecule has 2 aliphatic rings. The maximum atomic E-state index is 12.2. The van der Waals surface area contributed by atoms with Crippen LogP contribution in [0.5, 0.6) is 0 Å². The van der Waals surface area contributed by atoms with Crippen LogP contribution in [-0.2, 0) is 9.53 Å². The Balaban J connectivity index is 1.72. The predicted molar refractivity (Wildman–Crippen MR) is 68.0 cm³/mol. The van der Waals surface area contributed by atoms with Crippen molar-refractivity contribution >= 4 is 5.78 Å². The summed E-state index contributed by atoms with van der Waals surface area (Å²) in [6.45, 7) is 4.64. The van der Waals surface area contributed by atoms with Gasteiger partial charge in [-0.05, 0) is 31.6 Å². The van der Waals surface area contributed by atoms with Crippen LogP contribution in [0.4, 0.5) is 0 Å². The summed E-state index contributed by atoms with van der Waals surface area (Å²) in [6.07, 6.45) is 6.68. The van der Waals surface area contributed by atoms with Crippen LogP contribution in [0.1, 0.15) is 45.4 Å². The standard InChI is InChI=1S/C14H25NO2/c1-2-11-3-5-12(6-4-11)14(16)9-13-10-17-8-7-15-13/h11-13,15H,2-10H2,1H3. The molecule has 0 aromatic rings. The van der Waals surface area contributed by atoms with Crippen molar-refractivity contribution in [3.05, 3.63) is 0 Å². The molecule has 3 heteroatoms. The summed E-state index contributed by atoms with van der Waals surface area (Å²) < 4.78 is 5.39. The van der Waals surface area contributed by atoms with Gasteiger partial charge in [-0.2, -0.15) is 0 Å². The molecule has 98 valence electrons. The van der Waals surface area contributed by atoms with E-state index >= 15 is 0 Å². The fourth-order valence-electron chi connectivity index (χ4n) is 3.05. The van der Waals surface area contributed by atoms with Gasteiger partial charge in [-0.3, -0.25) is 4.79 Å². The molecular weight excluding hydrogens is 214 g/mol. The molecular formula is C14H25NO2. The fourth-order valence-corrected chi connectivity index (χ4v) is 3.05. The van der Waals surface area contributed by atoms with Crippen LogP contribution in [0.2, 0.25) is 0 Å². The zero-order chi connectivity index (χ0) is 12.1. The van der Waals surface area contributed by atoms with Crippen LogP contribution in [0, 0.1) is 11.8 Å². The van der Waals surface area contributed by atoms with Crippen LogP contribution in [0.3, 0.4) is 0 Å². The Hall–Kier alpha value is -0.410. The van der Waals surface area contributed by atoms with Crippen LogP contribution in [0.15, 0.2) is 0 Å². The highest BCUT2D eigenvalue weighted by Crippen LogP contribution is 2.31. The molecule has 1 aliphatic carbocycles. The second-order valence-corrected chi connectivity index (χ2v) is 5.52. The molecule has 0 aromatic heterocycles. The third-order valence-corrected chi connectivity index (χ3v) is 4.33. The Kier molecular flexibility index (Phi) is 4.99. The fraction of sp³-hybridized carbons (Fsp3) is 0.929. The molecule has 1 atom stereocenters. The van der Waals surface area contributed by atoms with E-state index in [9.17, 15) is 4.79 Å². The van der Waals surface area contributed by atoms with Gasteiger partial charge >= 0.3 is 0 Å². The molecule has 3 nitrogen and oxygen atoms in total. The molecule has 0 spiro atoms. The van der Waals surface area contributed by atoms with Crippen LogP contribution in [-0.4, -0.2) is 31.6 Å². The first-order chi connectivity index (χ1) is 8.29. The van der Waals surface area contributed by atoms with E-state index in [-0.39, 0.29) is 6.04 Å². The second-order valence-electron chi connectivity index (χ2n) is 5.52. The van der Waals surface area contributed by atoms with Crippen LogP contribution < -0.4 is 5.32 Å². The number of hydrogen-bond donors (Lipinski definition) is 1. The Morgan fingerprint density at radius 3 is 2.65 bits per heavy atom. The van der Waals surface area contributed by atoms with Crippen molar-refractivity contribution in [1.82, 2.24) is 5.32 Å². The number of rotatable bonds is 4. The van der Waals surface area contributed by atoms with Gasteiger partial charge in [0.25, 0.3) is 0 Å². The molecule has 0 radical (unpaired) electrons. The molecule has 1 heterocycles. The van der Waals surface area contributed by atoms with Gasteiger partial charge in [0.1, 0.15) is 5.78 Å². The number of hydrogen-bond acceptors (Lipinski definition) is 3. The number of morpholine rings is 1. The monoisotopic (exact) mass is 239 g/mol. The van der Waals surface area contributed by atoms with Gasteiger partial charge in [-0.15, -0.1) is 0 Å². The molecule has 0 amide bonds. The predicted octanol–water partition coefficient (Wildman–Crippen LogP) is 2.15. The largest absolute Gasteiger partial charge is 0.379 e. The molecule has 1 N–H and O–H groups in total. The second kappa shape index (κ2) is 6.50. The molecule has 1 unspecified atom stereocenters. The molecule has 0 aromatic carbocycles. The molecule has 1 aliphatic heterocycles. The van der Waals surface area contributed by atoms with Crippen molar-refractivity contribution in [1.29, 1.82) is 0 Å². The van der Waals surface area contributed by atoms with Gasteiger partial charge in [-0.1, -0.05) is 13.3 Å². The number of carbonyl (C=O) groups excluding carboxylic acids is 1. The lowest BCUT2D eigenvalue weighted by atomic mass is 9.78. The molecule has 2 rings (SSSR count). The molecule has 17 heavy (non-hydrogen) atoms. The SMILES string of the molecule is CCC1CCC(C(=O)CC2COCCN2)CC1. The number of carbonyl (C=O) groups is 1. The summed E-state index contributed by atoms with van der Waals surface area (Å²) in [4.78, 5) is 12.2. The Morgan fingerprint density at radius 1 is 1.29 bits per heavy atom. The third-order valence-electron chi connectivity index (χ3n) is 4.33. The lowest BCUT2D eigenvalue weighted by Crippen LogP contribution is -2.43. The summed E-state index contributed by atoms with van der Waals surface area (Å²) in [5.74, 6) is 1.67. The van der Waals surface area contributed by atoms with E-state index in [0.717, 1.165) is 31.9 Å². The molecule has 1 saturated heterocycles. The third kappa shape index (κ3) is 3.78. The maximum absolute atomic E-state index is 12.2. The Labute approximate surface area is 104 Å². The number of nitrogens with one attached hydrogen (secondary N) is 1. The zero-order valence-electron chi connectivity index (χ0n) is 10.9. The Morgan fingerprint density at radius 2 is 2.06 bits per heavy atom. The first kappa shape index (κ1) is 13.0. The van der Waals surface area contributed by atoms with Gasteiger partial charge in [0.2, 0.25) is 0 Å². The van der Waals surface area contributed by atoms with Gasteiger partial charge in [0, 0.05) is 24.9 Å². The minimum absolute atomic E-state index is 0.264. The highest BCUT2D eigenvalue weighted by molar-refractivity contribution is 5.81. The zero-order valence-corrected chi connectivity index (χ0v) is 10.9. The van der Waals surface area contributed by atoms with E-state index in [1.54, 1.807) is 0 Å². The quantitative estimate of drug-likeness (QED) is 0.817. The Bertz CT molecular complexity index is 241. The van der Waals surface area contributed by atoms with Gasteiger partial charge in [-0.25, -0.2) is 0 Å². The van der Waals surface area contributed by atoms with E-state index in [4.69, 9.17) is 4.74 Å². The van der Waals surface area contributed by atoms with Crippen LogP contribution >= 0.6 is 0 Å². The van der Waals surface area contributed by atoms with Crippen molar-refractivity contribution in [3.63, 3.8) is 0 Å². The summed E-state index contributed by atoms with van der Waals surface area (Å²) in [6, 6.07) is 0.264. The molecule has 1 saturated carbocycles. The lowest BCUT2D eigenvalue weighted by Gasteiger charge is -2.29. The van der Waals surface area contributed by atoms with Gasteiger partial charge in [0.05, 0.1) is 13.2 Å². The summed E-state index contributed by atoms with van der Waals surface area (Å²) >= 11 is 0. The number of ketones is 1. The number of Topliss-reactive ketones (excluding diaryl/α,β-unsaturated/α-hetero) is 1. The van der Waals surface area contributed by atoms with Crippen molar-refractivity contribution in [2.24, 2.45) is 11.8 Å².